The molecule has 4 heteroatoms. The van der Waals surface area contributed by atoms with Crippen LogP contribution in [0.4, 0.5) is 5.69 Å². The highest BCUT2D eigenvalue weighted by atomic mass is 79.9. The zero-order valence-corrected chi connectivity index (χ0v) is 9.48. The Balaban J connectivity index is 2.27. The minimum atomic E-state index is 0.646. The van der Waals surface area contributed by atoms with Gasteiger partial charge in [-0.3, -0.25) is 0 Å². The normalized spacial score (nSPS) is 9.87. The van der Waals surface area contributed by atoms with E-state index < -0.39 is 0 Å². The second-order valence-corrected chi connectivity index (χ2v) is 3.99. The first-order valence-electron chi connectivity index (χ1n) is 4.41. The van der Waals surface area contributed by atoms with Gasteiger partial charge < -0.3 is 4.57 Å². The van der Waals surface area contributed by atoms with Gasteiger partial charge in [-0.25, -0.2) is 9.83 Å². The molecule has 1 aromatic carbocycles. The zero-order chi connectivity index (χ0) is 10.7. The first-order valence-corrected chi connectivity index (χ1v) is 5.20. The fourth-order valence-corrected chi connectivity index (χ4v) is 1.67. The van der Waals surface area contributed by atoms with Gasteiger partial charge in [0.05, 0.1) is 12.9 Å². The van der Waals surface area contributed by atoms with E-state index in [0.717, 1.165) is 16.6 Å². The van der Waals surface area contributed by atoms with Crippen molar-refractivity contribution in [1.82, 2.24) is 9.55 Å². The highest BCUT2D eigenvalue weighted by Crippen LogP contribution is 2.26. The average Bonchev–Trinajstić information content (AvgIpc) is 2.73. The van der Waals surface area contributed by atoms with Gasteiger partial charge in [0, 0.05) is 23.4 Å². The molecule has 0 atom stereocenters. The first-order chi connectivity index (χ1) is 7.29. The van der Waals surface area contributed by atoms with Crippen LogP contribution in [-0.2, 0) is 6.54 Å². The zero-order valence-electron chi connectivity index (χ0n) is 7.89. The van der Waals surface area contributed by atoms with Gasteiger partial charge in [0.2, 0.25) is 5.69 Å². The third kappa shape index (κ3) is 2.25. The minimum absolute atomic E-state index is 0.646. The van der Waals surface area contributed by atoms with Crippen LogP contribution in [0.5, 0.6) is 0 Å². The predicted octanol–water partition coefficient (Wildman–Crippen LogP) is 3.24. The molecule has 0 amide bonds. The van der Waals surface area contributed by atoms with Crippen LogP contribution in [0, 0.1) is 6.57 Å². The van der Waals surface area contributed by atoms with Crippen molar-refractivity contribution in [2.75, 3.05) is 0 Å². The Bertz CT molecular complexity index is 497. The summed E-state index contributed by atoms with van der Waals surface area (Å²) in [6.07, 6.45) is 5.41. The molecule has 0 radical (unpaired) electrons. The smallest absolute Gasteiger partial charge is 0.201 e. The molecule has 2 rings (SSSR count). The average molecular weight is 262 g/mol. The predicted molar refractivity (Wildman–Crippen MR) is 61.7 cm³/mol. The van der Waals surface area contributed by atoms with Crippen LogP contribution in [0.15, 0.2) is 41.4 Å². The maximum Gasteiger partial charge on any atom is 0.201 e. The standard InChI is InChI=1S/C11H8BrN3/c1-13-11-6-9(2-3-10(11)12)7-15-5-4-14-8-15/h2-6,8H,7H2. The van der Waals surface area contributed by atoms with Gasteiger partial charge in [-0.05, 0) is 5.56 Å². The van der Waals surface area contributed by atoms with Crippen molar-refractivity contribution < 1.29 is 0 Å². The molecular formula is C11H8BrN3. The Labute approximate surface area is 96.3 Å². The van der Waals surface area contributed by atoms with E-state index in [1.54, 1.807) is 12.5 Å². The van der Waals surface area contributed by atoms with Crippen LogP contribution in [0.2, 0.25) is 0 Å². The molecule has 1 heterocycles. The quantitative estimate of drug-likeness (QED) is 0.761. The molecule has 0 N–H and O–H groups in total. The van der Waals surface area contributed by atoms with E-state index in [1.807, 2.05) is 29.0 Å². The summed E-state index contributed by atoms with van der Waals surface area (Å²) in [6, 6.07) is 5.79. The third-order valence-corrected chi connectivity index (χ3v) is 2.73. The monoisotopic (exact) mass is 261 g/mol. The number of hydrogen-bond donors (Lipinski definition) is 0. The SMILES string of the molecule is [C-]#[N+]c1cc(Cn2ccnc2)ccc1Br. The molecule has 2 aromatic rings. The molecule has 15 heavy (non-hydrogen) atoms. The molecule has 1 aromatic heterocycles. The van der Waals surface area contributed by atoms with Crippen LogP contribution in [0.1, 0.15) is 5.56 Å². The maximum absolute atomic E-state index is 7.01. The van der Waals surface area contributed by atoms with E-state index in [9.17, 15) is 0 Å². The Kier molecular flexibility index (Phi) is 2.84. The molecule has 0 unspecified atom stereocenters. The summed E-state index contributed by atoms with van der Waals surface area (Å²) in [6.45, 7) is 7.75. The summed E-state index contributed by atoms with van der Waals surface area (Å²) in [5, 5.41) is 0. The van der Waals surface area contributed by atoms with Gasteiger partial charge in [0.15, 0.2) is 0 Å². The van der Waals surface area contributed by atoms with E-state index in [0.29, 0.717) is 5.69 Å². The van der Waals surface area contributed by atoms with E-state index in [4.69, 9.17) is 6.57 Å². The van der Waals surface area contributed by atoms with Gasteiger partial charge >= 0.3 is 0 Å². The van der Waals surface area contributed by atoms with Crippen LogP contribution in [0.3, 0.4) is 0 Å². The Morgan fingerprint density at radius 3 is 3.00 bits per heavy atom. The van der Waals surface area contributed by atoms with Crippen LogP contribution >= 0.6 is 15.9 Å². The van der Waals surface area contributed by atoms with E-state index in [2.05, 4.69) is 25.8 Å². The number of hydrogen-bond acceptors (Lipinski definition) is 1. The van der Waals surface area contributed by atoms with Crippen molar-refractivity contribution in [2.45, 2.75) is 6.54 Å². The summed E-state index contributed by atoms with van der Waals surface area (Å²) < 4.78 is 2.81. The summed E-state index contributed by atoms with van der Waals surface area (Å²) in [5.41, 5.74) is 1.75. The van der Waals surface area contributed by atoms with Gasteiger partial charge in [0.25, 0.3) is 0 Å². The van der Waals surface area contributed by atoms with Gasteiger partial charge in [0.1, 0.15) is 0 Å². The first kappa shape index (κ1) is 9.94. The molecule has 74 valence electrons. The summed E-state index contributed by atoms with van der Waals surface area (Å²) >= 11 is 3.34. The lowest BCUT2D eigenvalue weighted by molar-refractivity contribution is 0.797. The topological polar surface area (TPSA) is 22.2 Å². The van der Waals surface area contributed by atoms with Gasteiger partial charge in [-0.15, -0.1) is 0 Å². The van der Waals surface area contributed by atoms with Crippen molar-refractivity contribution in [3.63, 3.8) is 0 Å². The molecule has 0 aliphatic rings. The van der Waals surface area contributed by atoms with Gasteiger partial charge in [-0.1, -0.05) is 34.1 Å². The summed E-state index contributed by atoms with van der Waals surface area (Å²) in [7, 11) is 0. The van der Waals surface area contributed by atoms with Crippen LogP contribution < -0.4 is 0 Å². The molecule has 0 bridgehead atoms. The van der Waals surface area contributed by atoms with Crippen molar-refractivity contribution in [2.24, 2.45) is 0 Å². The molecule has 0 aliphatic carbocycles. The van der Waals surface area contributed by atoms with Crippen LogP contribution in [0.25, 0.3) is 4.85 Å². The second-order valence-electron chi connectivity index (χ2n) is 3.13. The Morgan fingerprint density at radius 1 is 1.47 bits per heavy atom. The van der Waals surface area contributed by atoms with Gasteiger partial charge in [-0.2, -0.15) is 0 Å². The summed E-state index contributed by atoms with van der Waals surface area (Å²) in [5.74, 6) is 0. The van der Waals surface area contributed by atoms with Crippen molar-refractivity contribution in [3.05, 3.63) is 58.4 Å². The molecule has 3 nitrogen and oxygen atoms in total. The number of benzene rings is 1. The highest BCUT2D eigenvalue weighted by Gasteiger charge is 2.01. The number of nitrogens with zero attached hydrogens (tertiary/aromatic N) is 3. The molecule has 0 spiro atoms. The summed E-state index contributed by atoms with van der Waals surface area (Å²) in [4.78, 5) is 7.41. The molecule has 0 fully saturated rings. The van der Waals surface area contributed by atoms with E-state index >= 15 is 0 Å². The highest BCUT2D eigenvalue weighted by molar-refractivity contribution is 9.10. The lowest BCUT2D eigenvalue weighted by Gasteiger charge is -2.03. The third-order valence-electron chi connectivity index (χ3n) is 2.06. The van der Waals surface area contributed by atoms with Crippen LogP contribution in [-0.4, -0.2) is 9.55 Å². The van der Waals surface area contributed by atoms with Crippen molar-refractivity contribution in [1.29, 1.82) is 0 Å². The van der Waals surface area contributed by atoms with Crippen molar-refractivity contribution in [3.8, 4) is 0 Å². The Morgan fingerprint density at radius 2 is 2.33 bits per heavy atom. The molecular weight excluding hydrogens is 254 g/mol. The second kappa shape index (κ2) is 4.28. The fraction of sp³-hybridized carbons (Fsp3) is 0.0909. The lowest BCUT2D eigenvalue weighted by atomic mass is 10.2. The maximum atomic E-state index is 7.01. The van der Waals surface area contributed by atoms with Crippen molar-refractivity contribution >= 4 is 21.6 Å². The Hall–Kier alpha value is -1.60. The molecule has 0 saturated heterocycles. The number of aromatic nitrogens is 2. The number of imidazole rings is 1. The molecule has 0 aliphatic heterocycles. The molecule has 0 saturated carbocycles. The number of halogens is 1. The van der Waals surface area contributed by atoms with E-state index in [-0.39, 0.29) is 0 Å². The number of rotatable bonds is 2. The fourth-order valence-electron chi connectivity index (χ4n) is 1.33. The largest absolute Gasteiger partial charge is 0.333 e. The lowest BCUT2D eigenvalue weighted by Crippen LogP contribution is -1.95. The van der Waals surface area contributed by atoms with E-state index in [1.165, 1.54) is 0 Å². The minimum Gasteiger partial charge on any atom is -0.333 e.